The molecule has 0 unspecified atom stereocenters. The van der Waals surface area contributed by atoms with Gasteiger partial charge in [0, 0.05) is 18.2 Å². The Balaban J connectivity index is 1.80. The normalized spacial score (nSPS) is 14.0. The fraction of sp³-hybridized carbons (Fsp3) is 0.286. The average Bonchev–Trinajstić information content (AvgIpc) is 2.72. The molecule has 2 aromatic rings. The van der Waals surface area contributed by atoms with Crippen LogP contribution in [0.15, 0.2) is 48.0 Å². The number of rotatable bonds is 7. The second-order valence-corrected chi connectivity index (χ2v) is 6.29. The van der Waals surface area contributed by atoms with Gasteiger partial charge in [0.25, 0.3) is 0 Å². The molecule has 1 aliphatic heterocycles. The van der Waals surface area contributed by atoms with Crippen molar-refractivity contribution in [3.8, 4) is 17.2 Å². The fourth-order valence-electron chi connectivity index (χ4n) is 3.13. The lowest BCUT2D eigenvalue weighted by Gasteiger charge is -2.20. The molecular weight excluding hydrogens is 344 g/mol. The van der Waals surface area contributed by atoms with Crippen molar-refractivity contribution in [2.45, 2.75) is 13.0 Å². The summed E-state index contributed by atoms with van der Waals surface area (Å²) in [7, 11) is 3.23. The van der Waals surface area contributed by atoms with Crippen LogP contribution in [0.1, 0.15) is 17.5 Å². The number of carbonyl (C=O) groups is 1. The average molecular weight is 368 g/mol. The van der Waals surface area contributed by atoms with Crippen LogP contribution in [0.2, 0.25) is 0 Å². The number of hydrogen-bond acceptors (Lipinski definition) is 5. The standard InChI is InChI=1S/C21H24N2O4/c1-25-17-8-14(9-18(11-17)26-2)13-27-16-5-3-4-15(10-16)19-6-7-23-12-20(19)21(22)24/h3-5,8-11,23H,6-7,12-13H2,1-2H3,(H2,22,24). The van der Waals surface area contributed by atoms with Crippen molar-refractivity contribution in [1.82, 2.24) is 5.32 Å². The molecule has 0 radical (unpaired) electrons. The maximum Gasteiger partial charge on any atom is 0.246 e. The van der Waals surface area contributed by atoms with Crippen LogP contribution >= 0.6 is 0 Å². The molecule has 1 amide bonds. The molecule has 0 fully saturated rings. The molecule has 0 aliphatic carbocycles. The highest BCUT2D eigenvalue weighted by molar-refractivity contribution is 6.01. The van der Waals surface area contributed by atoms with Gasteiger partial charge in [-0.05, 0) is 53.9 Å². The zero-order valence-electron chi connectivity index (χ0n) is 15.6. The molecule has 0 atom stereocenters. The molecule has 3 N–H and O–H groups in total. The first-order valence-electron chi connectivity index (χ1n) is 8.78. The molecule has 3 rings (SSSR count). The van der Waals surface area contributed by atoms with Crippen LogP contribution in [-0.4, -0.2) is 33.2 Å². The molecule has 6 heteroatoms. The van der Waals surface area contributed by atoms with E-state index < -0.39 is 0 Å². The van der Waals surface area contributed by atoms with E-state index in [0.717, 1.165) is 35.4 Å². The Labute approximate surface area is 158 Å². The van der Waals surface area contributed by atoms with Crippen molar-refractivity contribution < 1.29 is 19.0 Å². The first-order valence-corrected chi connectivity index (χ1v) is 8.78. The number of ether oxygens (including phenoxy) is 3. The molecule has 2 aromatic carbocycles. The summed E-state index contributed by atoms with van der Waals surface area (Å²) in [6.45, 7) is 1.69. The Morgan fingerprint density at radius 1 is 1.07 bits per heavy atom. The van der Waals surface area contributed by atoms with Gasteiger partial charge in [-0.3, -0.25) is 4.79 Å². The van der Waals surface area contributed by atoms with Gasteiger partial charge in [0.2, 0.25) is 5.91 Å². The minimum atomic E-state index is -0.382. The minimum Gasteiger partial charge on any atom is -0.497 e. The van der Waals surface area contributed by atoms with Gasteiger partial charge in [0.15, 0.2) is 0 Å². The van der Waals surface area contributed by atoms with Gasteiger partial charge in [-0.1, -0.05) is 12.1 Å². The summed E-state index contributed by atoms with van der Waals surface area (Å²) in [5.41, 5.74) is 9.05. The van der Waals surface area contributed by atoms with Crippen LogP contribution < -0.4 is 25.3 Å². The number of amides is 1. The molecule has 1 heterocycles. The Hall–Kier alpha value is -2.99. The lowest BCUT2D eigenvalue weighted by Crippen LogP contribution is -2.31. The number of carbonyl (C=O) groups excluding carboxylic acids is 1. The number of methoxy groups -OCH3 is 2. The highest BCUT2D eigenvalue weighted by atomic mass is 16.5. The SMILES string of the molecule is COc1cc(COc2cccc(C3=C(C(N)=O)CNCC3)c2)cc(OC)c1. The maximum absolute atomic E-state index is 11.7. The first kappa shape index (κ1) is 18.8. The van der Waals surface area contributed by atoms with E-state index in [1.165, 1.54) is 0 Å². The van der Waals surface area contributed by atoms with Crippen molar-refractivity contribution >= 4 is 11.5 Å². The zero-order valence-corrected chi connectivity index (χ0v) is 15.6. The number of hydrogen-bond donors (Lipinski definition) is 2. The summed E-state index contributed by atoms with van der Waals surface area (Å²) in [5.74, 6) is 1.77. The minimum absolute atomic E-state index is 0.375. The van der Waals surface area contributed by atoms with Gasteiger partial charge in [0.05, 0.1) is 14.2 Å². The Morgan fingerprint density at radius 3 is 2.48 bits per heavy atom. The third kappa shape index (κ3) is 4.60. The van der Waals surface area contributed by atoms with Crippen LogP contribution in [0.4, 0.5) is 0 Å². The number of benzene rings is 2. The summed E-state index contributed by atoms with van der Waals surface area (Å²) < 4.78 is 16.5. The molecule has 142 valence electrons. The molecule has 27 heavy (non-hydrogen) atoms. The Morgan fingerprint density at radius 2 is 1.81 bits per heavy atom. The van der Waals surface area contributed by atoms with Crippen molar-refractivity contribution in [3.05, 3.63) is 59.2 Å². The summed E-state index contributed by atoms with van der Waals surface area (Å²) in [6.07, 6.45) is 0.759. The molecule has 0 saturated carbocycles. The highest BCUT2D eigenvalue weighted by Crippen LogP contribution is 2.28. The van der Waals surface area contributed by atoms with E-state index in [2.05, 4.69) is 5.32 Å². The smallest absolute Gasteiger partial charge is 0.246 e. The first-order chi connectivity index (χ1) is 13.1. The quantitative estimate of drug-likeness (QED) is 0.785. The second-order valence-electron chi connectivity index (χ2n) is 6.29. The van der Waals surface area contributed by atoms with Gasteiger partial charge in [0.1, 0.15) is 23.9 Å². The van der Waals surface area contributed by atoms with Crippen LogP contribution in [0.5, 0.6) is 17.2 Å². The fourth-order valence-corrected chi connectivity index (χ4v) is 3.13. The van der Waals surface area contributed by atoms with Gasteiger partial charge in [-0.2, -0.15) is 0 Å². The van der Waals surface area contributed by atoms with Gasteiger partial charge in [-0.15, -0.1) is 0 Å². The molecule has 0 spiro atoms. The number of nitrogens with one attached hydrogen (secondary N) is 1. The van der Waals surface area contributed by atoms with E-state index in [0.29, 0.717) is 30.2 Å². The van der Waals surface area contributed by atoms with E-state index in [4.69, 9.17) is 19.9 Å². The van der Waals surface area contributed by atoms with Crippen molar-refractivity contribution in [2.75, 3.05) is 27.3 Å². The van der Waals surface area contributed by atoms with E-state index in [-0.39, 0.29) is 5.91 Å². The molecule has 0 bridgehead atoms. The van der Waals surface area contributed by atoms with E-state index >= 15 is 0 Å². The van der Waals surface area contributed by atoms with Crippen molar-refractivity contribution in [3.63, 3.8) is 0 Å². The Kier molecular flexibility index (Phi) is 5.98. The zero-order chi connectivity index (χ0) is 19.2. The predicted octanol–water partition coefficient (Wildman–Crippen LogP) is 2.52. The van der Waals surface area contributed by atoms with E-state index in [9.17, 15) is 4.79 Å². The summed E-state index contributed by atoms with van der Waals surface area (Å²) in [4.78, 5) is 11.7. The molecule has 0 aromatic heterocycles. The van der Waals surface area contributed by atoms with Gasteiger partial charge < -0.3 is 25.3 Å². The lowest BCUT2D eigenvalue weighted by atomic mass is 9.94. The highest BCUT2D eigenvalue weighted by Gasteiger charge is 2.18. The largest absolute Gasteiger partial charge is 0.497 e. The lowest BCUT2D eigenvalue weighted by molar-refractivity contribution is -0.114. The van der Waals surface area contributed by atoms with Crippen molar-refractivity contribution in [1.29, 1.82) is 0 Å². The third-order valence-corrected chi connectivity index (χ3v) is 4.51. The number of primary amides is 1. The monoisotopic (exact) mass is 368 g/mol. The third-order valence-electron chi connectivity index (χ3n) is 4.51. The summed E-state index contributed by atoms with van der Waals surface area (Å²) >= 11 is 0. The van der Waals surface area contributed by atoms with Crippen LogP contribution in [0, 0.1) is 0 Å². The van der Waals surface area contributed by atoms with E-state index in [1.807, 2.05) is 42.5 Å². The summed E-state index contributed by atoms with van der Waals surface area (Å²) in [6, 6.07) is 13.4. The van der Waals surface area contributed by atoms with Crippen LogP contribution in [0.3, 0.4) is 0 Å². The molecule has 1 aliphatic rings. The van der Waals surface area contributed by atoms with Gasteiger partial charge >= 0.3 is 0 Å². The summed E-state index contributed by atoms with van der Waals surface area (Å²) in [5, 5.41) is 3.19. The maximum atomic E-state index is 11.7. The topological polar surface area (TPSA) is 82.8 Å². The van der Waals surface area contributed by atoms with E-state index in [1.54, 1.807) is 14.2 Å². The Bertz CT molecular complexity index is 839. The molecule has 6 nitrogen and oxygen atoms in total. The molecular formula is C21H24N2O4. The second kappa shape index (κ2) is 8.60. The molecule has 0 saturated heterocycles. The van der Waals surface area contributed by atoms with Crippen molar-refractivity contribution in [2.24, 2.45) is 5.73 Å². The van der Waals surface area contributed by atoms with Gasteiger partial charge in [-0.25, -0.2) is 0 Å². The van der Waals surface area contributed by atoms with Crippen LogP contribution in [0.25, 0.3) is 5.57 Å². The van der Waals surface area contributed by atoms with Crippen LogP contribution in [-0.2, 0) is 11.4 Å². The number of nitrogens with two attached hydrogens (primary N) is 1. The predicted molar refractivity (Wildman–Crippen MR) is 104 cm³/mol.